The van der Waals surface area contributed by atoms with E-state index in [-0.39, 0.29) is 0 Å². The molecule has 0 aromatic heterocycles. The minimum atomic E-state index is 0.427. The van der Waals surface area contributed by atoms with Crippen LogP contribution in [0, 0.1) is 0 Å². The fourth-order valence-corrected chi connectivity index (χ4v) is 2.52. The lowest BCUT2D eigenvalue weighted by atomic mass is 10.0. The van der Waals surface area contributed by atoms with Gasteiger partial charge in [0.25, 0.3) is 0 Å². The van der Waals surface area contributed by atoms with Crippen molar-refractivity contribution in [3.05, 3.63) is 0 Å². The van der Waals surface area contributed by atoms with Crippen LogP contribution in [-0.4, -0.2) is 43.2 Å². The third-order valence-corrected chi connectivity index (χ3v) is 3.28. The number of hydrogen-bond acceptors (Lipinski definition) is 3. The summed E-state index contributed by atoms with van der Waals surface area (Å²) in [6.45, 7) is 4.76. The highest BCUT2D eigenvalue weighted by atomic mass is 15.2. The molecule has 0 radical (unpaired) electrons. The number of piperidine rings is 2. The highest BCUT2D eigenvalue weighted by molar-refractivity contribution is 4.84. The van der Waals surface area contributed by atoms with E-state index in [4.69, 9.17) is 5.73 Å². The van der Waals surface area contributed by atoms with Gasteiger partial charge in [-0.2, -0.15) is 0 Å². The molecule has 2 unspecified atom stereocenters. The largest absolute Gasteiger partial charge is 0.327 e. The minimum Gasteiger partial charge on any atom is -0.327 e. The highest BCUT2D eigenvalue weighted by Gasteiger charge is 2.24. The smallest absolute Gasteiger partial charge is 0.0221 e. The fourth-order valence-electron chi connectivity index (χ4n) is 2.52. The van der Waals surface area contributed by atoms with Gasteiger partial charge in [0.15, 0.2) is 0 Å². The van der Waals surface area contributed by atoms with Crippen molar-refractivity contribution in [2.45, 2.75) is 37.8 Å². The topological polar surface area (TPSA) is 41.3 Å². The maximum atomic E-state index is 5.97. The second kappa shape index (κ2) is 4.40. The third-order valence-electron chi connectivity index (χ3n) is 3.28. The second-order valence-electron chi connectivity index (χ2n) is 4.40. The van der Waals surface area contributed by atoms with Crippen LogP contribution in [0.1, 0.15) is 25.7 Å². The highest BCUT2D eigenvalue weighted by Crippen LogP contribution is 2.16. The Morgan fingerprint density at radius 3 is 2.85 bits per heavy atom. The van der Waals surface area contributed by atoms with E-state index in [2.05, 4.69) is 10.2 Å². The molecule has 0 bridgehead atoms. The predicted molar refractivity (Wildman–Crippen MR) is 54.7 cm³/mol. The lowest BCUT2D eigenvalue weighted by Gasteiger charge is -2.39. The van der Waals surface area contributed by atoms with E-state index < -0.39 is 0 Å². The SMILES string of the molecule is NC1CCCN(C2CCCNC2)C1. The van der Waals surface area contributed by atoms with E-state index in [0.717, 1.165) is 12.6 Å². The molecule has 13 heavy (non-hydrogen) atoms. The van der Waals surface area contributed by atoms with Crippen molar-refractivity contribution in [1.82, 2.24) is 10.2 Å². The van der Waals surface area contributed by atoms with E-state index in [9.17, 15) is 0 Å². The standard InChI is InChI=1S/C10H21N3/c11-9-3-2-6-13(8-9)10-4-1-5-12-7-10/h9-10,12H,1-8,11H2. The zero-order chi connectivity index (χ0) is 9.10. The summed E-state index contributed by atoms with van der Waals surface area (Å²) in [6, 6.07) is 1.19. The molecule has 3 heteroatoms. The molecule has 3 nitrogen and oxygen atoms in total. The van der Waals surface area contributed by atoms with Crippen molar-refractivity contribution < 1.29 is 0 Å². The van der Waals surface area contributed by atoms with Gasteiger partial charge in [0, 0.05) is 25.2 Å². The normalized spacial score (nSPS) is 37.6. The van der Waals surface area contributed by atoms with Gasteiger partial charge in [-0.3, -0.25) is 4.90 Å². The molecule has 3 N–H and O–H groups in total. The molecule has 0 saturated carbocycles. The first kappa shape index (κ1) is 9.44. The van der Waals surface area contributed by atoms with Gasteiger partial charge >= 0.3 is 0 Å². The average Bonchev–Trinajstić information content (AvgIpc) is 2.19. The van der Waals surface area contributed by atoms with E-state index in [1.807, 2.05) is 0 Å². The van der Waals surface area contributed by atoms with Gasteiger partial charge < -0.3 is 11.1 Å². The van der Waals surface area contributed by atoms with Gasteiger partial charge in [-0.05, 0) is 38.8 Å². The van der Waals surface area contributed by atoms with Crippen LogP contribution in [0.25, 0.3) is 0 Å². The zero-order valence-corrected chi connectivity index (χ0v) is 8.34. The summed E-state index contributed by atoms with van der Waals surface area (Å²) in [4.78, 5) is 2.58. The second-order valence-corrected chi connectivity index (χ2v) is 4.40. The predicted octanol–water partition coefficient (Wildman–Crippen LogP) is 0.162. The first-order chi connectivity index (χ1) is 6.36. The molecule has 0 aromatic rings. The number of rotatable bonds is 1. The Hall–Kier alpha value is -0.120. The summed E-state index contributed by atoms with van der Waals surface area (Å²) in [5.74, 6) is 0. The van der Waals surface area contributed by atoms with Crippen molar-refractivity contribution >= 4 is 0 Å². The van der Waals surface area contributed by atoms with Crippen LogP contribution >= 0.6 is 0 Å². The first-order valence-electron chi connectivity index (χ1n) is 5.56. The van der Waals surface area contributed by atoms with E-state index >= 15 is 0 Å². The molecule has 0 aromatic carbocycles. The summed E-state index contributed by atoms with van der Waals surface area (Å²) < 4.78 is 0. The third kappa shape index (κ3) is 2.42. The summed E-state index contributed by atoms with van der Waals surface area (Å²) in [7, 11) is 0. The van der Waals surface area contributed by atoms with Gasteiger partial charge in [-0.15, -0.1) is 0 Å². The lowest BCUT2D eigenvalue weighted by Crippen LogP contribution is -2.52. The van der Waals surface area contributed by atoms with Crippen LogP contribution in [0.5, 0.6) is 0 Å². The molecule has 0 spiro atoms. The molecule has 2 heterocycles. The molecular weight excluding hydrogens is 162 g/mol. The van der Waals surface area contributed by atoms with Gasteiger partial charge in [0.2, 0.25) is 0 Å². The quantitative estimate of drug-likeness (QED) is 0.608. The minimum absolute atomic E-state index is 0.427. The van der Waals surface area contributed by atoms with E-state index in [1.54, 1.807) is 0 Å². The Kier molecular flexibility index (Phi) is 3.19. The van der Waals surface area contributed by atoms with Gasteiger partial charge in [-0.1, -0.05) is 0 Å². The van der Waals surface area contributed by atoms with E-state index in [0.29, 0.717) is 6.04 Å². The lowest BCUT2D eigenvalue weighted by molar-refractivity contribution is 0.128. The van der Waals surface area contributed by atoms with Crippen LogP contribution in [0.15, 0.2) is 0 Å². The summed E-state index contributed by atoms with van der Waals surface area (Å²) >= 11 is 0. The number of likely N-dealkylation sites (tertiary alicyclic amines) is 1. The first-order valence-corrected chi connectivity index (χ1v) is 5.56. The van der Waals surface area contributed by atoms with Crippen molar-refractivity contribution in [2.24, 2.45) is 5.73 Å². The summed E-state index contributed by atoms with van der Waals surface area (Å²) in [6.07, 6.45) is 5.20. The van der Waals surface area contributed by atoms with Crippen molar-refractivity contribution in [3.63, 3.8) is 0 Å². The fraction of sp³-hybridized carbons (Fsp3) is 1.00. The average molecular weight is 183 g/mol. The Bertz CT molecular complexity index is 154. The molecule has 2 saturated heterocycles. The molecule has 2 fully saturated rings. The molecule has 2 aliphatic rings. The van der Waals surface area contributed by atoms with E-state index in [1.165, 1.54) is 45.3 Å². The van der Waals surface area contributed by atoms with Crippen LogP contribution in [0.4, 0.5) is 0 Å². The van der Waals surface area contributed by atoms with Crippen molar-refractivity contribution in [1.29, 1.82) is 0 Å². The molecular formula is C10H21N3. The van der Waals surface area contributed by atoms with Crippen molar-refractivity contribution in [3.8, 4) is 0 Å². The monoisotopic (exact) mass is 183 g/mol. The molecule has 76 valence electrons. The Balaban J connectivity index is 1.83. The van der Waals surface area contributed by atoms with Gasteiger partial charge in [0.05, 0.1) is 0 Å². The molecule has 2 rings (SSSR count). The van der Waals surface area contributed by atoms with Gasteiger partial charge in [-0.25, -0.2) is 0 Å². The maximum absolute atomic E-state index is 5.97. The summed E-state index contributed by atoms with van der Waals surface area (Å²) in [5, 5.41) is 3.46. The van der Waals surface area contributed by atoms with Crippen LogP contribution in [0.2, 0.25) is 0 Å². The maximum Gasteiger partial charge on any atom is 0.0221 e. The molecule has 0 amide bonds. The molecule has 0 aliphatic carbocycles. The molecule has 2 atom stereocenters. The Morgan fingerprint density at radius 2 is 2.15 bits per heavy atom. The number of hydrogen-bond donors (Lipinski definition) is 2. The number of nitrogens with zero attached hydrogens (tertiary/aromatic N) is 1. The molecule has 2 aliphatic heterocycles. The van der Waals surface area contributed by atoms with Crippen LogP contribution in [-0.2, 0) is 0 Å². The summed E-state index contributed by atoms with van der Waals surface area (Å²) in [5.41, 5.74) is 5.97. The number of nitrogens with one attached hydrogen (secondary N) is 1. The van der Waals surface area contributed by atoms with Crippen LogP contribution in [0.3, 0.4) is 0 Å². The number of nitrogens with two attached hydrogens (primary N) is 1. The Labute approximate surface area is 80.7 Å². The Morgan fingerprint density at radius 1 is 1.23 bits per heavy atom. The van der Waals surface area contributed by atoms with Crippen LogP contribution < -0.4 is 11.1 Å². The van der Waals surface area contributed by atoms with Gasteiger partial charge in [0.1, 0.15) is 0 Å². The zero-order valence-electron chi connectivity index (χ0n) is 8.34. The van der Waals surface area contributed by atoms with Crippen molar-refractivity contribution in [2.75, 3.05) is 26.2 Å².